The van der Waals surface area contributed by atoms with Crippen molar-refractivity contribution in [2.45, 2.75) is 45.6 Å². The first kappa shape index (κ1) is 23.5. The van der Waals surface area contributed by atoms with E-state index in [1.807, 2.05) is 19.3 Å². The lowest BCUT2D eigenvalue weighted by Gasteiger charge is -2.16. The molecule has 4 aromatic rings. The molecule has 0 bridgehead atoms. The molecular weight excluding hydrogens is 500 g/mol. The molecule has 1 spiro atoms. The minimum Gasteiger partial charge on any atom is -0.351 e. The van der Waals surface area contributed by atoms with Crippen LogP contribution < -0.4 is 10.6 Å². The molecule has 2 aliphatic heterocycles. The monoisotopic (exact) mass is 530 g/mol. The van der Waals surface area contributed by atoms with Crippen LogP contribution in [0.3, 0.4) is 0 Å². The van der Waals surface area contributed by atoms with Gasteiger partial charge in [0.15, 0.2) is 0 Å². The number of thiazole rings is 1. The molecule has 0 radical (unpaired) electrons. The third-order valence-electron chi connectivity index (χ3n) is 8.22. The van der Waals surface area contributed by atoms with Crippen molar-refractivity contribution in [3.8, 4) is 10.4 Å². The standard InChI is InChI=1S/C27H30N8O2S/c1-17-21(11-18(12-29-17)24(36)28-7-10-33-9-6-27(16-33)4-5-27)32-25(37)20-14-31-35-15-23(38-26(20)35)19-13-30-34-8-2-3-22(19)34/h11-15H,2-10,16H2,1H3,(H,28,36)(H,32,37). The van der Waals surface area contributed by atoms with Crippen molar-refractivity contribution in [3.05, 3.63) is 53.4 Å². The summed E-state index contributed by atoms with van der Waals surface area (Å²) >= 11 is 1.53. The smallest absolute Gasteiger partial charge is 0.260 e. The van der Waals surface area contributed by atoms with E-state index in [4.69, 9.17) is 0 Å². The minimum atomic E-state index is -0.279. The highest BCUT2D eigenvalue weighted by molar-refractivity contribution is 7.21. The zero-order valence-electron chi connectivity index (χ0n) is 21.4. The Balaban J connectivity index is 1.03. The normalized spacial score (nSPS) is 17.8. The first-order valence-electron chi connectivity index (χ1n) is 13.3. The number of hydrogen-bond donors (Lipinski definition) is 2. The Morgan fingerprint density at radius 3 is 2.84 bits per heavy atom. The maximum absolute atomic E-state index is 13.3. The second kappa shape index (κ2) is 9.02. The van der Waals surface area contributed by atoms with Gasteiger partial charge in [0.1, 0.15) is 4.83 Å². The first-order valence-corrected chi connectivity index (χ1v) is 14.1. The molecule has 11 heteroatoms. The summed E-state index contributed by atoms with van der Waals surface area (Å²) in [6.45, 7) is 6.50. The van der Waals surface area contributed by atoms with Crippen LogP contribution in [0.25, 0.3) is 15.3 Å². The van der Waals surface area contributed by atoms with E-state index in [0.29, 0.717) is 34.5 Å². The number of fused-ring (bicyclic) bond motifs is 2. The number of rotatable bonds is 7. The van der Waals surface area contributed by atoms with E-state index >= 15 is 0 Å². The molecule has 2 fully saturated rings. The Hall–Kier alpha value is -3.57. The average Bonchev–Trinajstić information content (AvgIpc) is 3.43. The second-order valence-corrected chi connectivity index (χ2v) is 11.9. The summed E-state index contributed by atoms with van der Waals surface area (Å²) in [5.41, 5.74) is 5.02. The van der Waals surface area contributed by atoms with Crippen LogP contribution in [0.2, 0.25) is 0 Å². The highest BCUT2D eigenvalue weighted by Gasteiger charge is 2.47. The molecule has 1 aliphatic carbocycles. The van der Waals surface area contributed by atoms with Gasteiger partial charge in [-0.05, 0) is 57.1 Å². The fourth-order valence-electron chi connectivity index (χ4n) is 5.74. The molecule has 38 heavy (non-hydrogen) atoms. The van der Waals surface area contributed by atoms with Gasteiger partial charge >= 0.3 is 0 Å². The lowest BCUT2D eigenvalue weighted by atomic mass is 10.1. The van der Waals surface area contributed by atoms with E-state index in [0.717, 1.165) is 54.3 Å². The number of carbonyl (C=O) groups excluding carboxylic acids is 2. The molecule has 2 N–H and O–H groups in total. The predicted molar refractivity (Wildman–Crippen MR) is 145 cm³/mol. The van der Waals surface area contributed by atoms with Crippen LogP contribution in [0.4, 0.5) is 5.69 Å². The zero-order valence-corrected chi connectivity index (χ0v) is 22.2. The van der Waals surface area contributed by atoms with Crippen molar-refractivity contribution < 1.29 is 9.59 Å². The van der Waals surface area contributed by atoms with Crippen molar-refractivity contribution in [1.29, 1.82) is 0 Å². The largest absolute Gasteiger partial charge is 0.351 e. The van der Waals surface area contributed by atoms with E-state index in [1.165, 1.54) is 36.3 Å². The number of nitrogens with zero attached hydrogens (tertiary/aromatic N) is 6. The maximum atomic E-state index is 13.3. The fraction of sp³-hybridized carbons (Fsp3) is 0.444. The van der Waals surface area contributed by atoms with Gasteiger partial charge in [0.2, 0.25) is 0 Å². The fourth-order valence-corrected chi connectivity index (χ4v) is 6.83. The van der Waals surface area contributed by atoms with Crippen LogP contribution in [0.1, 0.15) is 57.8 Å². The van der Waals surface area contributed by atoms with Gasteiger partial charge in [0.25, 0.3) is 11.8 Å². The third kappa shape index (κ3) is 4.19. The molecule has 1 saturated heterocycles. The number of aromatic nitrogens is 5. The van der Waals surface area contributed by atoms with Gasteiger partial charge < -0.3 is 15.5 Å². The van der Waals surface area contributed by atoms with Crippen LogP contribution in [0.15, 0.2) is 30.9 Å². The van der Waals surface area contributed by atoms with Crippen molar-refractivity contribution >= 4 is 33.7 Å². The Morgan fingerprint density at radius 1 is 1.11 bits per heavy atom. The van der Waals surface area contributed by atoms with Crippen LogP contribution in [-0.4, -0.2) is 67.3 Å². The minimum absolute atomic E-state index is 0.183. The Morgan fingerprint density at radius 2 is 2.00 bits per heavy atom. The summed E-state index contributed by atoms with van der Waals surface area (Å²) in [6.07, 6.45) is 13.1. The van der Waals surface area contributed by atoms with Gasteiger partial charge in [-0.3, -0.25) is 19.3 Å². The number of aryl methyl sites for hydroxylation is 2. The molecule has 0 atom stereocenters. The number of hydrogen-bond acceptors (Lipinski definition) is 7. The zero-order chi connectivity index (χ0) is 25.9. The molecule has 2 amide bonds. The van der Waals surface area contributed by atoms with E-state index in [-0.39, 0.29) is 11.8 Å². The van der Waals surface area contributed by atoms with Crippen LogP contribution in [-0.2, 0) is 13.0 Å². The first-order chi connectivity index (χ1) is 18.5. The lowest BCUT2D eigenvalue weighted by Crippen LogP contribution is -2.34. The quantitative estimate of drug-likeness (QED) is 0.379. The number of nitrogens with one attached hydrogen (secondary N) is 2. The third-order valence-corrected chi connectivity index (χ3v) is 9.37. The molecule has 0 aromatic carbocycles. The van der Waals surface area contributed by atoms with E-state index in [2.05, 4.69) is 35.4 Å². The summed E-state index contributed by atoms with van der Waals surface area (Å²) in [6, 6.07) is 1.70. The number of pyridine rings is 1. The lowest BCUT2D eigenvalue weighted by molar-refractivity contribution is 0.0947. The molecule has 7 rings (SSSR count). The Bertz CT molecular complexity index is 1560. The predicted octanol–water partition coefficient (Wildman–Crippen LogP) is 3.38. The van der Waals surface area contributed by atoms with E-state index < -0.39 is 0 Å². The molecule has 6 heterocycles. The van der Waals surface area contributed by atoms with Gasteiger partial charge in [0, 0.05) is 49.8 Å². The summed E-state index contributed by atoms with van der Waals surface area (Å²) < 4.78 is 3.80. The molecule has 3 aliphatic rings. The Labute approximate surface area is 224 Å². The summed E-state index contributed by atoms with van der Waals surface area (Å²) in [5, 5.41) is 14.9. The van der Waals surface area contributed by atoms with E-state index in [1.54, 1.807) is 23.0 Å². The molecular formula is C27H30N8O2S. The van der Waals surface area contributed by atoms with Gasteiger partial charge in [-0.15, -0.1) is 11.3 Å². The molecule has 1 saturated carbocycles. The van der Waals surface area contributed by atoms with Gasteiger partial charge in [0.05, 0.1) is 39.8 Å². The number of carbonyl (C=O) groups is 2. The molecule has 4 aromatic heterocycles. The number of likely N-dealkylation sites (tertiary alicyclic amines) is 1. The van der Waals surface area contributed by atoms with Crippen molar-refractivity contribution in [1.82, 2.24) is 34.6 Å². The van der Waals surface area contributed by atoms with Gasteiger partial charge in [-0.2, -0.15) is 10.2 Å². The maximum Gasteiger partial charge on any atom is 0.260 e. The number of anilines is 1. The van der Waals surface area contributed by atoms with Crippen molar-refractivity contribution in [2.24, 2.45) is 5.41 Å². The summed E-state index contributed by atoms with van der Waals surface area (Å²) in [5.74, 6) is -0.461. The molecule has 0 unspecified atom stereocenters. The van der Waals surface area contributed by atoms with Crippen molar-refractivity contribution in [3.63, 3.8) is 0 Å². The highest BCUT2D eigenvalue weighted by Crippen LogP contribution is 2.52. The van der Waals surface area contributed by atoms with Crippen molar-refractivity contribution in [2.75, 3.05) is 31.5 Å². The van der Waals surface area contributed by atoms with Gasteiger partial charge in [-0.1, -0.05) is 0 Å². The average molecular weight is 531 g/mol. The molecule has 196 valence electrons. The van der Waals surface area contributed by atoms with Crippen LogP contribution in [0.5, 0.6) is 0 Å². The topological polar surface area (TPSA) is 109 Å². The second-order valence-electron chi connectivity index (χ2n) is 10.8. The molecule has 10 nitrogen and oxygen atoms in total. The van der Waals surface area contributed by atoms with Gasteiger partial charge in [-0.25, -0.2) is 4.52 Å². The summed E-state index contributed by atoms with van der Waals surface area (Å²) in [7, 11) is 0. The number of amides is 2. The highest BCUT2D eigenvalue weighted by atomic mass is 32.1. The van der Waals surface area contributed by atoms with E-state index in [9.17, 15) is 9.59 Å². The SMILES string of the molecule is Cc1ncc(C(=O)NCCN2CCC3(CC3)C2)cc1NC(=O)c1cnn2cc(-c3cnn4c3CCC4)sc12. The summed E-state index contributed by atoms with van der Waals surface area (Å²) in [4.78, 5) is 34.7. The van der Waals surface area contributed by atoms with Crippen LogP contribution in [0, 0.1) is 12.3 Å². The van der Waals surface area contributed by atoms with Crippen LogP contribution >= 0.6 is 11.3 Å². The Kier molecular flexibility index (Phi) is 5.59.